The predicted octanol–water partition coefficient (Wildman–Crippen LogP) is 2.50. The van der Waals surface area contributed by atoms with Gasteiger partial charge in [-0.2, -0.15) is 5.10 Å². The summed E-state index contributed by atoms with van der Waals surface area (Å²) in [6, 6.07) is 0.611. The van der Waals surface area contributed by atoms with E-state index in [1.807, 2.05) is 10.9 Å². The molecule has 0 spiro atoms. The molecule has 2 heterocycles. The quantitative estimate of drug-likeness (QED) is 0.898. The minimum Gasteiger partial charge on any atom is -0.309 e. The van der Waals surface area contributed by atoms with Gasteiger partial charge >= 0.3 is 0 Å². The highest BCUT2D eigenvalue weighted by Crippen LogP contribution is 2.24. The molecular weight excluding hydrogens is 248 g/mol. The molecular formula is C16H30N4. The molecule has 1 saturated heterocycles. The molecule has 2 rings (SSSR count). The average Bonchev–Trinajstić information content (AvgIpc) is 2.86. The largest absolute Gasteiger partial charge is 0.309 e. The summed E-state index contributed by atoms with van der Waals surface area (Å²) in [6.07, 6.45) is 5.37. The third kappa shape index (κ3) is 3.41. The lowest BCUT2D eigenvalue weighted by Crippen LogP contribution is -2.63. The van der Waals surface area contributed by atoms with Crippen molar-refractivity contribution in [2.45, 2.75) is 65.7 Å². The van der Waals surface area contributed by atoms with Gasteiger partial charge in [-0.1, -0.05) is 20.8 Å². The lowest BCUT2D eigenvalue weighted by Gasteiger charge is -2.47. The highest BCUT2D eigenvalue weighted by atomic mass is 15.3. The van der Waals surface area contributed by atoms with E-state index in [0.717, 1.165) is 26.2 Å². The van der Waals surface area contributed by atoms with Gasteiger partial charge in [0.2, 0.25) is 0 Å². The first-order chi connectivity index (χ1) is 9.47. The molecule has 4 heteroatoms. The van der Waals surface area contributed by atoms with Crippen LogP contribution >= 0.6 is 0 Å². The van der Waals surface area contributed by atoms with Crippen LogP contribution in [-0.2, 0) is 13.1 Å². The summed E-state index contributed by atoms with van der Waals surface area (Å²) in [4.78, 5) is 2.64. The molecule has 0 radical (unpaired) electrons. The maximum atomic E-state index is 4.40. The third-order valence-electron chi connectivity index (χ3n) is 4.71. The molecule has 0 amide bonds. The van der Waals surface area contributed by atoms with Crippen molar-refractivity contribution < 1.29 is 0 Å². The van der Waals surface area contributed by atoms with Crippen LogP contribution in [0.5, 0.6) is 0 Å². The first kappa shape index (κ1) is 15.5. The van der Waals surface area contributed by atoms with Crippen molar-refractivity contribution in [3.63, 3.8) is 0 Å². The van der Waals surface area contributed by atoms with Crippen LogP contribution in [0.25, 0.3) is 0 Å². The summed E-state index contributed by atoms with van der Waals surface area (Å²) in [5.74, 6) is 0.671. The maximum Gasteiger partial charge on any atom is 0.0534 e. The highest BCUT2D eigenvalue weighted by Gasteiger charge is 2.35. The molecule has 1 aliphatic rings. The molecule has 1 aromatic heterocycles. The molecule has 2 unspecified atom stereocenters. The first-order valence-electron chi connectivity index (χ1n) is 7.98. The van der Waals surface area contributed by atoms with Crippen molar-refractivity contribution in [3.05, 3.63) is 18.0 Å². The van der Waals surface area contributed by atoms with E-state index in [2.05, 4.69) is 56.1 Å². The van der Waals surface area contributed by atoms with Crippen LogP contribution in [-0.4, -0.2) is 39.4 Å². The van der Waals surface area contributed by atoms with E-state index in [9.17, 15) is 0 Å². The topological polar surface area (TPSA) is 33.1 Å². The Balaban J connectivity index is 2.10. The van der Waals surface area contributed by atoms with E-state index in [1.54, 1.807) is 0 Å². The Morgan fingerprint density at radius 1 is 1.45 bits per heavy atom. The summed E-state index contributed by atoms with van der Waals surface area (Å²) >= 11 is 0. The van der Waals surface area contributed by atoms with Crippen LogP contribution in [0.3, 0.4) is 0 Å². The first-order valence-corrected chi connectivity index (χ1v) is 7.98. The number of hydrogen-bond acceptors (Lipinski definition) is 3. The Morgan fingerprint density at radius 2 is 2.20 bits per heavy atom. The average molecular weight is 278 g/mol. The number of aromatic nitrogens is 2. The van der Waals surface area contributed by atoms with E-state index in [-0.39, 0.29) is 5.54 Å². The second-order valence-electron chi connectivity index (χ2n) is 6.72. The van der Waals surface area contributed by atoms with Crippen molar-refractivity contribution in [2.75, 3.05) is 13.1 Å². The number of hydrogen-bond donors (Lipinski definition) is 1. The van der Waals surface area contributed by atoms with Gasteiger partial charge in [0.1, 0.15) is 0 Å². The molecule has 2 atom stereocenters. The van der Waals surface area contributed by atoms with Crippen molar-refractivity contribution in [3.8, 4) is 0 Å². The predicted molar refractivity (Wildman–Crippen MR) is 83.6 cm³/mol. The second-order valence-corrected chi connectivity index (χ2v) is 6.72. The molecule has 4 nitrogen and oxygen atoms in total. The summed E-state index contributed by atoms with van der Waals surface area (Å²) in [6.45, 7) is 15.6. The van der Waals surface area contributed by atoms with E-state index in [4.69, 9.17) is 0 Å². The van der Waals surface area contributed by atoms with Crippen molar-refractivity contribution in [1.82, 2.24) is 20.0 Å². The zero-order chi connectivity index (χ0) is 14.8. The van der Waals surface area contributed by atoms with E-state index >= 15 is 0 Å². The number of nitrogens with zero attached hydrogens (tertiary/aromatic N) is 3. The maximum absolute atomic E-state index is 4.40. The zero-order valence-corrected chi connectivity index (χ0v) is 13.7. The molecule has 20 heavy (non-hydrogen) atoms. The van der Waals surface area contributed by atoms with Crippen LogP contribution in [0.2, 0.25) is 0 Å². The monoisotopic (exact) mass is 278 g/mol. The van der Waals surface area contributed by atoms with Crippen LogP contribution in [0.1, 0.15) is 46.6 Å². The lowest BCUT2D eigenvalue weighted by atomic mass is 9.89. The Hall–Kier alpha value is -0.870. The number of nitrogens with one attached hydrogen (secondary N) is 1. The SMILES string of the molecule is CCn1cc(CN2CC(C)(CC)NCC2C(C)C)cn1. The molecule has 1 aromatic rings. The van der Waals surface area contributed by atoms with Gasteiger partial charge in [0.25, 0.3) is 0 Å². The van der Waals surface area contributed by atoms with Crippen LogP contribution in [0.15, 0.2) is 12.4 Å². The second kappa shape index (κ2) is 6.27. The molecule has 1 N–H and O–H groups in total. The van der Waals surface area contributed by atoms with Crippen molar-refractivity contribution >= 4 is 0 Å². The van der Waals surface area contributed by atoms with Gasteiger partial charge in [-0.05, 0) is 26.2 Å². The fourth-order valence-electron chi connectivity index (χ4n) is 3.06. The van der Waals surface area contributed by atoms with Gasteiger partial charge in [0.15, 0.2) is 0 Å². The molecule has 1 fully saturated rings. The Labute approximate surface area is 123 Å². The highest BCUT2D eigenvalue weighted by molar-refractivity contribution is 5.06. The van der Waals surface area contributed by atoms with E-state index < -0.39 is 0 Å². The number of rotatable bonds is 5. The Bertz CT molecular complexity index is 426. The van der Waals surface area contributed by atoms with Crippen LogP contribution in [0.4, 0.5) is 0 Å². The van der Waals surface area contributed by atoms with Gasteiger partial charge in [0.05, 0.1) is 6.20 Å². The van der Waals surface area contributed by atoms with Gasteiger partial charge in [0, 0.05) is 49.5 Å². The summed E-state index contributed by atoms with van der Waals surface area (Å²) < 4.78 is 2.01. The normalized spacial score (nSPS) is 28.2. The van der Waals surface area contributed by atoms with Gasteiger partial charge in [-0.25, -0.2) is 0 Å². The van der Waals surface area contributed by atoms with Gasteiger partial charge in [-0.3, -0.25) is 9.58 Å². The number of piperazine rings is 1. The molecule has 1 aliphatic heterocycles. The zero-order valence-electron chi connectivity index (χ0n) is 13.7. The summed E-state index contributed by atoms with van der Waals surface area (Å²) in [5.41, 5.74) is 1.57. The summed E-state index contributed by atoms with van der Waals surface area (Å²) in [5, 5.41) is 8.15. The molecule has 0 saturated carbocycles. The summed E-state index contributed by atoms with van der Waals surface area (Å²) in [7, 11) is 0. The molecule has 0 bridgehead atoms. The fourth-order valence-corrected chi connectivity index (χ4v) is 3.06. The molecule has 0 aromatic carbocycles. The molecule has 114 valence electrons. The number of aryl methyl sites for hydroxylation is 1. The van der Waals surface area contributed by atoms with E-state index in [0.29, 0.717) is 12.0 Å². The minimum atomic E-state index is 0.242. The van der Waals surface area contributed by atoms with Crippen LogP contribution in [0, 0.1) is 5.92 Å². The molecule has 0 aliphatic carbocycles. The fraction of sp³-hybridized carbons (Fsp3) is 0.812. The standard InChI is InChI=1S/C16H30N4/c1-6-16(5)12-19(15(9-17-16)13(3)4)10-14-8-18-20(7-2)11-14/h8,11,13,15,17H,6-7,9-10,12H2,1-5H3. The smallest absolute Gasteiger partial charge is 0.0534 e. The van der Waals surface area contributed by atoms with Crippen LogP contribution < -0.4 is 5.32 Å². The minimum absolute atomic E-state index is 0.242. The van der Waals surface area contributed by atoms with E-state index in [1.165, 1.54) is 12.0 Å². The third-order valence-corrected chi connectivity index (χ3v) is 4.71. The van der Waals surface area contributed by atoms with Crippen molar-refractivity contribution in [1.29, 1.82) is 0 Å². The Morgan fingerprint density at radius 3 is 2.75 bits per heavy atom. The Kier molecular flexibility index (Phi) is 4.86. The lowest BCUT2D eigenvalue weighted by molar-refractivity contribution is 0.0539. The van der Waals surface area contributed by atoms with Gasteiger partial charge < -0.3 is 5.32 Å². The van der Waals surface area contributed by atoms with Crippen molar-refractivity contribution in [2.24, 2.45) is 5.92 Å². The van der Waals surface area contributed by atoms with Gasteiger partial charge in [-0.15, -0.1) is 0 Å².